The molecule has 1 aromatic carbocycles. The highest BCUT2D eigenvalue weighted by molar-refractivity contribution is 5.60. The number of hydrogen-bond donors (Lipinski definition) is 1. The lowest BCUT2D eigenvalue weighted by Gasteiger charge is -2.32. The molecule has 0 aliphatic carbocycles. The van der Waals surface area contributed by atoms with Gasteiger partial charge in [-0.25, -0.2) is 0 Å². The maximum Gasteiger partial charge on any atom is 0.125 e. The highest BCUT2D eigenvalue weighted by Crippen LogP contribution is 2.39. The Morgan fingerprint density at radius 3 is 2.87 bits per heavy atom. The maximum atomic E-state index is 5.43. The van der Waals surface area contributed by atoms with Crippen molar-refractivity contribution in [3.05, 3.63) is 23.8 Å². The van der Waals surface area contributed by atoms with Crippen molar-refractivity contribution in [3.8, 4) is 5.75 Å². The van der Waals surface area contributed by atoms with Gasteiger partial charge in [-0.2, -0.15) is 0 Å². The Bertz CT molecular complexity index is 335. The van der Waals surface area contributed by atoms with Crippen LogP contribution in [0, 0.1) is 0 Å². The van der Waals surface area contributed by atoms with Crippen LogP contribution < -0.4 is 10.1 Å². The van der Waals surface area contributed by atoms with Crippen molar-refractivity contribution in [1.82, 2.24) is 4.90 Å². The van der Waals surface area contributed by atoms with Gasteiger partial charge in [0, 0.05) is 23.8 Å². The Morgan fingerprint density at radius 1 is 1.40 bits per heavy atom. The van der Waals surface area contributed by atoms with E-state index in [4.69, 9.17) is 4.74 Å². The lowest BCUT2D eigenvalue weighted by molar-refractivity contribution is 0.275. The summed E-state index contributed by atoms with van der Waals surface area (Å²) in [5, 5.41) is 3.42. The van der Waals surface area contributed by atoms with Crippen molar-refractivity contribution in [3.63, 3.8) is 0 Å². The first kappa shape index (κ1) is 10.3. The SMILES string of the molecule is COc1cccc2c1C(N(C)C)CCN2. The van der Waals surface area contributed by atoms with E-state index in [0.717, 1.165) is 18.7 Å². The molecule has 1 aliphatic rings. The zero-order valence-electron chi connectivity index (χ0n) is 9.58. The third kappa shape index (κ3) is 1.79. The average Bonchev–Trinajstić information content (AvgIpc) is 2.27. The smallest absolute Gasteiger partial charge is 0.125 e. The van der Waals surface area contributed by atoms with Gasteiger partial charge in [0.05, 0.1) is 7.11 Å². The molecule has 0 saturated heterocycles. The molecule has 1 N–H and O–H groups in total. The van der Waals surface area contributed by atoms with Gasteiger partial charge in [0.25, 0.3) is 0 Å². The predicted molar refractivity (Wildman–Crippen MR) is 62.5 cm³/mol. The first-order valence-corrected chi connectivity index (χ1v) is 5.31. The van der Waals surface area contributed by atoms with Crippen LogP contribution in [-0.2, 0) is 0 Å². The van der Waals surface area contributed by atoms with Crippen LogP contribution in [0.25, 0.3) is 0 Å². The van der Waals surface area contributed by atoms with E-state index in [2.05, 4.69) is 30.4 Å². The fraction of sp³-hybridized carbons (Fsp3) is 0.500. The van der Waals surface area contributed by atoms with Gasteiger partial charge in [0.1, 0.15) is 5.75 Å². The largest absolute Gasteiger partial charge is 0.496 e. The first-order chi connectivity index (χ1) is 7.24. The Labute approximate surface area is 91.0 Å². The van der Waals surface area contributed by atoms with Crippen molar-refractivity contribution < 1.29 is 4.74 Å². The molecule has 0 saturated carbocycles. The van der Waals surface area contributed by atoms with Crippen LogP contribution in [0.3, 0.4) is 0 Å². The van der Waals surface area contributed by atoms with Gasteiger partial charge in [-0.15, -0.1) is 0 Å². The van der Waals surface area contributed by atoms with Crippen LogP contribution in [-0.4, -0.2) is 32.6 Å². The topological polar surface area (TPSA) is 24.5 Å². The molecule has 3 heteroatoms. The van der Waals surface area contributed by atoms with Crippen molar-refractivity contribution in [2.24, 2.45) is 0 Å². The van der Waals surface area contributed by atoms with Crippen LogP contribution >= 0.6 is 0 Å². The monoisotopic (exact) mass is 206 g/mol. The summed E-state index contributed by atoms with van der Waals surface area (Å²) in [4.78, 5) is 2.25. The summed E-state index contributed by atoms with van der Waals surface area (Å²) in [5.74, 6) is 0.985. The predicted octanol–water partition coefficient (Wildman–Crippen LogP) is 2.11. The molecular formula is C12H18N2O. The number of anilines is 1. The Hall–Kier alpha value is -1.22. The van der Waals surface area contributed by atoms with E-state index >= 15 is 0 Å². The molecule has 0 spiro atoms. The summed E-state index contributed by atoms with van der Waals surface area (Å²) >= 11 is 0. The van der Waals surface area contributed by atoms with Crippen molar-refractivity contribution in [1.29, 1.82) is 0 Å². The number of fused-ring (bicyclic) bond motifs is 1. The zero-order valence-corrected chi connectivity index (χ0v) is 9.58. The number of benzene rings is 1. The van der Waals surface area contributed by atoms with Gasteiger partial charge >= 0.3 is 0 Å². The average molecular weight is 206 g/mol. The van der Waals surface area contributed by atoms with Gasteiger partial charge in [0.2, 0.25) is 0 Å². The van der Waals surface area contributed by atoms with Gasteiger partial charge in [-0.3, -0.25) is 0 Å². The summed E-state index contributed by atoms with van der Waals surface area (Å²) in [7, 11) is 5.97. The number of nitrogens with one attached hydrogen (secondary N) is 1. The fourth-order valence-electron chi connectivity index (χ4n) is 2.22. The molecule has 1 heterocycles. The summed E-state index contributed by atoms with van der Waals surface area (Å²) in [6.07, 6.45) is 1.13. The molecule has 2 rings (SSSR count). The molecule has 1 atom stereocenters. The van der Waals surface area contributed by atoms with Gasteiger partial charge < -0.3 is 15.0 Å². The number of rotatable bonds is 2. The van der Waals surface area contributed by atoms with Crippen molar-refractivity contribution in [2.45, 2.75) is 12.5 Å². The third-order valence-electron chi connectivity index (χ3n) is 2.98. The first-order valence-electron chi connectivity index (χ1n) is 5.31. The van der Waals surface area contributed by atoms with Gasteiger partial charge in [0.15, 0.2) is 0 Å². The lowest BCUT2D eigenvalue weighted by Crippen LogP contribution is -2.27. The number of methoxy groups -OCH3 is 1. The molecule has 0 aromatic heterocycles. The zero-order chi connectivity index (χ0) is 10.8. The lowest BCUT2D eigenvalue weighted by atomic mass is 9.96. The van der Waals surface area contributed by atoms with Crippen LogP contribution in [0.5, 0.6) is 5.75 Å². The van der Waals surface area contributed by atoms with E-state index in [0.29, 0.717) is 6.04 Å². The second kappa shape index (κ2) is 4.11. The van der Waals surface area contributed by atoms with Crippen LogP contribution in [0.15, 0.2) is 18.2 Å². The summed E-state index contributed by atoms with van der Waals surface area (Å²) < 4.78 is 5.43. The molecule has 0 radical (unpaired) electrons. The van der Waals surface area contributed by atoms with Crippen LogP contribution in [0.1, 0.15) is 18.0 Å². The van der Waals surface area contributed by atoms with Gasteiger partial charge in [-0.05, 0) is 32.6 Å². The molecule has 15 heavy (non-hydrogen) atoms. The molecule has 0 fully saturated rings. The molecule has 1 unspecified atom stereocenters. The molecule has 0 bridgehead atoms. The highest BCUT2D eigenvalue weighted by Gasteiger charge is 2.24. The number of hydrogen-bond acceptors (Lipinski definition) is 3. The normalized spacial score (nSPS) is 19.6. The van der Waals surface area contributed by atoms with Crippen molar-refractivity contribution >= 4 is 5.69 Å². The van der Waals surface area contributed by atoms with Crippen molar-refractivity contribution in [2.75, 3.05) is 33.1 Å². The molecule has 1 aliphatic heterocycles. The minimum atomic E-state index is 0.456. The van der Waals surface area contributed by atoms with E-state index < -0.39 is 0 Å². The summed E-state index contributed by atoms with van der Waals surface area (Å²) in [5.41, 5.74) is 2.50. The minimum absolute atomic E-state index is 0.456. The Balaban J connectivity index is 2.47. The van der Waals surface area contributed by atoms with Gasteiger partial charge in [-0.1, -0.05) is 6.07 Å². The van der Waals surface area contributed by atoms with E-state index in [1.165, 1.54) is 11.3 Å². The maximum absolute atomic E-state index is 5.43. The Morgan fingerprint density at radius 2 is 2.20 bits per heavy atom. The highest BCUT2D eigenvalue weighted by atomic mass is 16.5. The Kier molecular flexibility index (Phi) is 2.82. The van der Waals surface area contributed by atoms with E-state index in [9.17, 15) is 0 Å². The second-order valence-corrected chi connectivity index (χ2v) is 4.12. The molecule has 3 nitrogen and oxygen atoms in total. The standard InChI is InChI=1S/C12H18N2O/c1-14(2)10-7-8-13-9-5-4-6-11(15-3)12(9)10/h4-6,10,13H,7-8H2,1-3H3. The molecular weight excluding hydrogens is 188 g/mol. The number of ether oxygens (including phenoxy) is 1. The summed E-state index contributed by atoms with van der Waals surface area (Å²) in [6.45, 7) is 1.03. The third-order valence-corrected chi connectivity index (χ3v) is 2.98. The molecule has 1 aromatic rings. The quantitative estimate of drug-likeness (QED) is 0.802. The minimum Gasteiger partial charge on any atom is -0.496 e. The molecule has 82 valence electrons. The fourth-order valence-corrected chi connectivity index (χ4v) is 2.22. The summed E-state index contributed by atoms with van der Waals surface area (Å²) in [6, 6.07) is 6.64. The van der Waals surface area contributed by atoms with E-state index in [-0.39, 0.29) is 0 Å². The van der Waals surface area contributed by atoms with E-state index in [1.807, 2.05) is 12.1 Å². The number of nitrogens with zero attached hydrogens (tertiary/aromatic N) is 1. The second-order valence-electron chi connectivity index (χ2n) is 4.12. The van der Waals surface area contributed by atoms with E-state index in [1.54, 1.807) is 7.11 Å². The van der Waals surface area contributed by atoms with Crippen LogP contribution in [0.4, 0.5) is 5.69 Å². The van der Waals surface area contributed by atoms with Crippen LogP contribution in [0.2, 0.25) is 0 Å². The molecule has 0 amide bonds.